The van der Waals surface area contributed by atoms with Crippen molar-refractivity contribution in [3.05, 3.63) is 34.7 Å². The van der Waals surface area contributed by atoms with Gasteiger partial charge in [-0.1, -0.05) is 6.58 Å². The van der Waals surface area contributed by atoms with Crippen molar-refractivity contribution >= 4 is 28.3 Å². The molecule has 5 heteroatoms. The summed E-state index contributed by atoms with van der Waals surface area (Å²) in [5.41, 5.74) is 3.03. The van der Waals surface area contributed by atoms with Crippen LogP contribution in [0.5, 0.6) is 0 Å². The van der Waals surface area contributed by atoms with E-state index in [2.05, 4.69) is 33.6 Å². The van der Waals surface area contributed by atoms with Gasteiger partial charge in [-0.2, -0.15) is 5.10 Å². The molecule has 4 heterocycles. The zero-order valence-electron chi connectivity index (χ0n) is 12.5. The van der Waals surface area contributed by atoms with E-state index >= 15 is 0 Å². The highest BCUT2D eigenvalue weighted by molar-refractivity contribution is 6.11. The van der Waals surface area contributed by atoms with Gasteiger partial charge in [-0.3, -0.25) is 10.00 Å². The molecule has 112 valence electrons. The lowest BCUT2D eigenvalue weighted by atomic mass is 9.88. The van der Waals surface area contributed by atoms with Crippen LogP contribution < -0.4 is 5.35 Å². The third-order valence-corrected chi connectivity index (χ3v) is 5.47. The number of hydrogen-bond acceptors (Lipinski definition) is 2. The highest BCUT2D eigenvalue weighted by Crippen LogP contribution is 2.47. The number of halogens is 1. The molecule has 0 spiro atoms. The van der Waals surface area contributed by atoms with Gasteiger partial charge in [0.15, 0.2) is 0 Å². The van der Waals surface area contributed by atoms with Gasteiger partial charge in [0.1, 0.15) is 5.82 Å². The van der Waals surface area contributed by atoms with Gasteiger partial charge < -0.3 is 4.98 Å². The van der Waals surface area contributed by atoms with E-state index in [4.69, 9.17) is 0 Å². The molecule has 1 fully saturated rings. The Labute approximate surface area is 126 Å². The summed E-state index contributed by atoms with van der Waals surface area (Å²) in [6.45, 7) is 8.20. The Bertz CT molecular complexity index is 999. The highest BCUT2D eigenvalue weighted by atomic mass is 19.1. The zero-order valence-corrected chi connectivity index (χ0v) is 12.5. The monoisotopic (exact) mass is 296 g/mol. The Morgan fingerprint density at radius 3 is 3.09 bits per heavy atom. The third-order valence-electron chi connectivity index (χ3n) is 5.47. The van der Waals surface area contributed by atoms with Gasteiger partial charge in [0.25, 0.3) is 0 Å². The zero-order chi connectivity index (χ0) is 15.1. The quantitative estimate of drug-likeness (QED) is 0.670. The number of aromatic amines is 2. The first-order valence-electron chi connectivity index (χ1n) is 7.71. The van der Waals surface area contributed by atoms with E-state index in [0.717, 1.165) is 46.9 Å². The molecule has 5 rings (SSSR count). The summed E-state index contributed by atoms with van der Waals surface area (Å²) in [5, 5.41) is 11.2. The maximum absolute atomic E-state index is 14.0. The van der Waals surface area contributed by atoms with Crippen LogP contribution in [0, 0.1) is 5.82 Å². The molecular formula is C17H17FN4. The topological polar surface area (TPSA) is 47.7 Å². The molecule has 22 heavy (non-hydrogen) atoms. The van der Waals surface area contributed by atoms with Crippen molar-refractivity contribution in [1.82, 2.24) is 20.1 Å². The first-order chi connectivity index (χ1) is 10.6. The Morgan fingerprint density at radius 2 is 2.23 bits per heavy atom. The van der Waals surface area contributed by atoms with Gasteiger partial charge in [-0.25, -0.2) is 4.39 Å². The normalized spacial score (nSPS) is 24.3. The molecule has 2 aliphatic heterocycles. The minimum atomic E-state index is -0.249. The molecule has 0 bridgehead atoms. The first-order valence-corrected chi connectivity index (χ1v) is 7.71. The molecule has 2 aromatic heterocycles. The Balaban J connectivity index is 2.06. The molecule has 4 nitrogen and oxygen atoms in total. The molecule has 0 saturated carbocycles. The standard InChI is InChI=1S/C17H17FN4/c1-9-11-6-10(18)7-12-14(11)15-13(21-20-9)8-22-5-3-4-17(22,2)16(15)19-12/h6-7,19-20H,1,3-5,8H2,2H3/t17-/m1/s1. The summed E-state index contributed by atoms with van der Waals surface area (Å²) in [6, 6.07) is 3.13. The summed E-state index contributed by atoms with van der Waals surface area (Å²) in [7, 11) is 0. The van der Waals surface area contributed by atoms with Crippen molar-refractivity contribution in [2.45, 2.75) is 31.8 Å². The van der Waals surface area contributed by atoms with Crippen molar-refractivity contribution in [2.24, 2.45) is 0 Å². The molecule has 2 aliphatic rings. The van der Waals surface area contributed by atoms with Crippen LogP contribution in [0.25, 0.3) is 28.3 Å². The van der Waals surface area contributed by atoms with Crippen molar-refractivity contribution < 1.29 is 4.39 Å². The fourth-order valence-electron chi connectivity index (χ4n) is 4.33. The van der Waals surface area contributed by atoms with E-state index in [-0.39, 0.29) is 11.4 Å². The Morgan fingerprint density at radius 1 is 1.36 bits per heavy atom. The summed E-state index contributed by atoms with van der Waals surface area (Å²) < 4.78 is 14.0. The number of hydrogen-bond donors (Lipinski definition) is 2. The van der Waals surface area contributed by atoms with E-state index in [1.165, 1.54) is 12.1 Å². The smallest absolute Gasteiger partial charge is 0.125 e. The fraction of sp³-hybridized carbons (Fsp3) is 0.353. The molecule has 0 amide bonds. The number of nitrogens with one attached hydrogen (secondary N) is 2. The summed E-state index contributed by atoms with van der Waals surface area (Å²) in [5.74, 6) is -0.249. The van der Waals surface area contributed by atoms with Crippen LogP contribution in [0.2, 0.25) is 0 Å². The van der Waals surface area contributed by atoms with Crippen molar-refractivity contribution in [1.29, 1.82) is 0 Å². The average Bonchev–Trinajstić information content (AvgIpc) is 3.00. The molecule has 3 aromatic rings. The minimum Gasteiger partial charge on any atom is -0.356 e. The van der Waals surface area contributed by atoms with Crippen LogP contribution in [0.4, 0.5) is 4.39 Å². The van der Waals surface area contributed by atoms with Gasteiger partial charge in [0, 0.05) is 33.9 Å². The molecule has 1 saturated heterocycles. The van der Waals surface area contributed by atoms with Crippen LogP contribution >= 0.6 is 0 Å². The van der Waals surface area contributed by atoms with E-state index in [0.29, 0.717) is 5.35 Å². The summed E-state index contributed by atoms with van der Waals surface area (Å²) in [6.07, 6.45) is 2.30. The summed E-state index contributed by atoms with van der Waals surface area (Å²) in [4.78, 5) is 5.96. The van der Waals surface area contributed by atoms with Crippen molar-refractivity contribution in [3.8, 4) is 0 Å². The second-order valence-electron chi connectivity index (χ2n) is 6.70. The van der Waals surface area contributed by atoms with Crippen LogP contribution in [-0.2, 0) is 12.1 Å². The molecule has 1 aromatic carbocycles. The number of rotatable bonds is 0. The van der Waals surface area contributed by atoms with Gasteiger partial charge in [-0.15, -0.1) is 0 Å². The summed E-state index contributed by atoms with van der Waals surface area (Å²) >= 11 is 0. The van der Waals surface area contributed by atoms with Crippen molar-refractivity contribution in [2.75, 3.05) is 6.54 Å². The Kier molecular flexibility index (Phi) is 2.14. The molecule has 0 unspecified atom stereocenters. The number of aromatic nitrogens is 3. The van der Waals surface area contributed by atoms with Crippen LogP contribution in [0.3, 0.4) is 0 Å². The molecule has 1 atom stereocenters. The highest BCUT2D eigenvalue weighted by Gasteiger charge is 2.44. The van der Waals surface area contributed by atoms with Crippen molar-refractivity contribution in [3.63, 3.8) is 0 Å². The maximum Gasteiger partial charge on any atom is 0.125 e. The number of fused-ring (bicyclic) bond motifs is 2. The second-order valence-corrected chi connectivity index (χ2v) is 6.70. The van der Waals surface area contributed by atoms with Gasteiger partial charge >= 0.3 is 0 Å². The number of H-pyrrole nitrogens is 2. The minimum absolute atomic E-state index is 0.00715. The predicted molar refractivity (Wildman–Crippen MR) is 84.5 cm³/mol. The number of benzene rings is 1. The third kappa shape index (κ3) is 1.33. The van der Waals surface area contributed by atoms with Gasteiger partial charge in [0.2, 0.25) is 0 Å². The number of nitrogens with zero attached hydrogens (tertiary/aromatic N) is 2. The molecular weight excluding hydrogens is 279 g/mol. The Hall–Kier alpha value is -2.14. The largest absolute Gasteiger partial charge is 0.356 e. The van der Waals surface area contributed by atoms with E-state index in [1.807, 2.05) is 0 Å². The van der Waals surface area contributed by atoms with Crippen LogP contribution in [-0.4, -0.2) is 26.6 Å². The molecule has 2 N–H and O–H groups in total. The lowest BCUT2D eigenvalue weighted by Gasteiger charge is -2.38. The van der Waals surface area contributed by atoms with E-state index in [1.54, 1.807) is 12.1 Å². The first kappa shape index (κ1) is 12.4. The average molecular weight is 296 g/mol. The van der Waals surface area contributed by atoms with E-state index < -0.39 is 0 Å². The van der Waals surface area contributed by atoms with Gasteiger partial charge in [0.05, 0.1) is 16.6 Å². The fourth-order valence-corrected chi connectivity index (χ4v) is 4.33. The maximum atomic E-state index is 14.0. The van der Waals surface area contributed by atoms with Gasteiger partial charge in [-0.05, 0) is 38.4 Å². The molecule has 0 aliphatic carbocycles. The van der Waals surface area contributed by atoms with E-state index in [9.17, 15) is 4.39 Å². The predicted octanol–water partition coefficient (Wildman–Crippen LogP) is 2.70. The SMILES string of the molecule is C=c1[nH]nc2c3c([nH]c4cc(F)cc1c43)[C@@]1(C)CCCN1C2. The lowest BCUT2D eigenvalue weighted by molar-refractivity contribution is 0.137. The van der Waals surface area contributed by atoms with Crippen LogP contribution in [0.1, 0.15) is 31.2 Å². The van der Waals surface area contributed by atoms with Crippen LogP contribution in [0.15, 0.2) is 12.1 Å². The lowest BCUT2D eigenvalue weighted by Crippen LogP contribution is -2.41. The second kappa shape index (κ2) is 3.79. The molecule has 0 radical (unpaired) electrons.